The molecule has 90 valence electrons. The first-order valence-electron chi connectivity index (χ1n) is 6.14. The van der Waals surface area contributed by atoms with Gasteiger partial charge < -0.3 is 15.0 Å². The first kappa shape index (κ1) is 12.9. The molecule has 0 aliphatic heterocycles. The van der Waals surface area contributed by atoms with E-state index in [1.54, 1.807) is 0 Å². The summed E-state index contributed by atoms with van der Waals surface area (Å²) in [4.78, 5) is 2.14. The number of ether oxygens (including phenoxy) is 1. The molecule has 0 amide bonds. The van der Waals surface area contributed by atoms with Crippen LogP contribution in [-0.2, 0) is 4.74 Å². The van der Waals surface area contributed by atoms with Gasteiger partial charge in [0.05, 0.1) is 13.2 Å². The Morgan fingerprint density at radius 2 is 2.07 bits per heavy atom. The molecule has 1 rings (SSSR count). The lowest BCUT2D eigenvalue weighted by molar-refractivity contribution is 0.117. The van der Waals surface area contributed by atoms with E-state index in [2.05, 4.69) is 31.2 Å². The molecule has 3 nitrogen and oxygen atoms in total. The van der Waals surface area contributed by atoms with Crippen LogP contribution in [0.1, 0.15) is 26.2 Å². The van der Waals surface area contributed by atoms with Gasteiger partial charge in [-0.3, -0.25) is 0 Å². The smallest absolute Gasteiger partial charge is 0.0593 e. The second-order valence-electron chi connectivity index (χ2n) is 4.95. The predicted molar refractivity (Wildman–Crippen MR) is 64.2 cm³/mol. The maximum atomic E-state index is 5.51. The van der Waals surface area contributed by atoms with Gasteiger partial charge in [0.15, 0.2) is 0 Å². The van der Waals surface area contributed by atoms with Gasteiger partial charge in [-0.25, -0.2) is 0 Å². The Labute approximate surface area is 94.2 Å². The number of rotatable bonds is 9. The molecule has 0 heterocycles. The Hall–Kier alpha value is -0.120. The van der Waals surface area contributed by atoms with E-state index in [0.717, 1.165) is 32.2 Å². The quantitative estimate of drug-likeness (QED) is 0.586. The first-order chi connectivity index (χ1) is 7.18. The van der Waals surface area contributed by atoms with Gasteiger partial charge in [-0.1, -0.05) is 12.8 Å². The second kappa shape index (κ2) is 7.20. The maximum Gasteiger partial charge on any atom is 0.0593 e. The molecule has 1 aliphatic rings. The Bertz CT molecular complexity index is 158. The van der Waals surface area contributed by atoms with Crippen LogP contribution in [0.4, 0.5) is 0 Å². The maximum absolute atomic E-state index is 5.51. The predicted octanol–water partition coefficient (Wildman–Crippen LogP) is 1.34. The van der Waals surface area contributed by atoms with Crippen molar-refractivity contribution < 1.29 is 4.74 Å². The average molecular weight is 214 g/mol. The lowest BCUT2D eigenvalue weighted by atomic mass is 10.2. The number of nitrogens with zero attached hydrogens (tertiary/aromatic N) is 1. The lowest BCUT2D eigenvalue weighted by Gasteiger charge is -2.14. The van der Waals surface area contributed by atoms with Gasteiger partial charge >= 0.3 is 0 Å². The SMILES string of the molecule is CC(CC1CC1)NCCOCCN(C)C. The van der Waals surface area contributed by atoms with Crippen molar-refractivity contribution in [2.24, 2.45) is 5.92 Å². The monoisotopic (exact) mass is 214 g/mol. The minimum absolute atomic E-state index is 0.662. The number of hydrogen-bond acceptors (Lipinski definition) is 3. The standard InChI is InChI=1S/C12H26N2O/c1-11(10-12-4-5-12)13-6-8-15-9-7-14(2)3/h11-13H,4-10H2,1-3H3. The summed E-state index contributed by atoms with van der Waals surface area (Å²) in [5.41, 5.74) is 0. The van der Waals surface area contributed by atoms with E-state index in [1.807, 2.05) is 0 Å². The van der Waals surface area contributed by atoms with Crippen LogP contribution in [0.2, 0.25) is 0 Å². The minimum Gasteiger partial charge on any atom is -0.379 e. The highest BCUT2D eigenvalue weighted by Crippen LogP contribution is 2.33. The van der Waals surface area contributed by atoms with Gasteiger partial charge in [0.1, 0.15) is 0 Å². The molecule has 1 fully saturated rings. The normalized spacial score (nSPS) is 18.4. The molecule has 1 N–H and O–H groups in total. The van der Waals surface area contributed by atoms with Crippen molar-refractivity contribution in [1.82, 2.24) is 10.2 Å². The number of nitrogens with one attached hydrogen (secondary N) is 1. The molecule has 1 saturated carbocycles. The topological polar surface area (TPSA) is 24.5 Å². The zero-order chi connectivity index (χ0) is 11.1. The van der Waals surface area contributed by atoms with Crippen LogP contribution in [0.25, 0.3) is 0 Å². The molecule has 1 atom stereocenters. The zero-order valence-corrected chi connectivity index (χ0v) is 10.5. The largest absolute Gasteiger partial charge is 0.379 e. The Morgan fingerprint density at radius 3 is 2.67 bits per heavy atom. The summed E-state index contributed by atoms with van der Waals surface area (Å²) in [5.74, 6) is 1.02. The highest BCUT2D eigenvalue weighted by atomic mass is 16.5. The van der Waals surface area contributed by atoms with E-state index in [1.165, 1.54) is 19.3 Å². The highest BCUT2D eigenvalue weighted by Gasteiger charge is 2.22. The highest BCUT2D eigenvalue weighted by molar-refractivity contribution is 4.77. The van der Waals surface area contributed by atoms with Crippen LogP contribution >= 0.6 is 0 Å². The van der Waals surface area contributed by atoms with Gasteiger partial charge in [-0.2, -0.15) is 0 Å². The van der Waals surface area contributed by atoms with E-state index in [4.69, 9.17) is 4.74 Å². The van der Waals surface area contributed by atoms with Crippen molar-refractivity contribution >= 4 is 0 Å². The summed E-state index contributed by atoms with van der Waals surface area (Å²) < 4.78 is 5.51. The molecular weight excluding hydrogens is 188 g/mol. The zero-order valence-electron chi connectivity index (χ0n) is 10.5. The molecule has 3 heteroatoms. The van der Waals surface area contributed by atoms with E-state index in [-0.39, 0.29) is 0 Å². The van der Waals surface area contributed by atoms with Crippen LogP contribution in [0.5, 0.6) is 0 Å². The number of likely N-dealkylation sites (N-methyl/N-ethyl adjacent to an activating group) is 1. The van der Waals surface area contributed by atoms with E-state index < -0.39 is 0 Å². The lowest BCUT2D eigenvalue weighted by Crippen LogP contribution is -2.30. The van der Waals surface area contributed by atoms with Crippen LogP contribution < -0.4 is 5.32 Å². The van der Waals surface area contributed by atoms with Crippen LogP contribution in [0.15, 0.2) is 0 Å². The molecule has 0 aromatic rings. The summed E-state index contributed by atoms with van der Waals surface area (Å²) in [6, 6.07) is 0.662. The molecule has 15 heavy (non-hydrogen) atoms. The molecule has 0 aromatic carbocycles. The van der Waals surface area contributed by atoms with Crippen molar-refractivity contribution in [1.29, 1.82) is 0 Å². The van der Waals surface area contributed by atoms with Crippen molar-refractivity contribution in [3.05, 3.63) is 0 Å². The Balaban J connectivity index is 1.79. The third kappa shape index (κ3) is 7.77. The van der Waals surface area contributed by atoms with Crippen molar-refractivity contribution in [2.45, 2.75) is 32.2 Å². The summed E-state index contributed by atoms with van der Waals surface area (Å²) >= 11 is 0. The van der Waals surface area contributed by atoms with Crippen LogP contribution in [0, 0.1) is 5.92 Å². The molecule has 1 aliphatic carbocycles. The fourth-order valence-electron chi connectivity index (χ4n) is 1.66. The molecule has 0 spiro atoms. The molecular formula is C12H26N2O. The second-order valence-corrected chi connectivity index (χ2v) is 4.95. The Morgan fingerprint density at radius 1 is 1.33 bits per heavy atom. The number of hydrogen-bond donors (Lipinski definition) is 1. The van der Waals surface area contributed by atoms with Crippen LogP contribution in [0.3, 0.4) is 0 Å². The molecule has 0 saturated heterocycles. The van der Waals surface area contributed by atoms with Gasteiger partial charge in [-0.15, -0.1) is 0 Å². The van der Waals surface area contributed by atoms with E-state index in [0.29, 0.717) is 6.04 Å². The summed E-state index contributed by atoms with van der Waals surface area (Å²) in [6.07, 6.45) is 4.24. The van der Waals surface area contributed by atoms with Crippen molar-refractivity contribution in [3.63, 3.8) is 0 Å². The van der Waals surface area contributed by atoms with Gasteiger partial charge in [0.2, 0.25) is 0 Å². The summed E-state index contributed by atoms with van der Waals surface area (Å²) in [5, 5.41) is 3.50. The summed E-state index contributed by atoms with van der Waals surface area (Å²) in [6.45, 7) is 5.95. The van der Waals surface area contributed by atoms with Gasteiger partial charge in [0, 0.05) is 19.1 Å². The van der Waals surface area contributed by atoms with Gasteiger partial charge in [-0.05, 0) is 33.4 Å². The molecule has 0 bridgehead atoms. The van der Waals surface area contributed by atoms with E-state index in [9.17, 15) is 0 Å². The average Bonchev–Trinajstić information content (AvgIpc) is 2.94. The molecule has 0 radical (unpaired) electrons. The third-order valence-electron chi connectivity index (χ3n) is 2.81. The van der Waals surface area contributed by atoms with E-state index >= 15 is 0 Å². The van der Waals surface area contributed by atoms with Crippen LogP contribution in [-0.4, -0.2) is 51.3 Å². The fourth-order valence-corrected chi connectivity index (χ4v) is 1.66. The van der Waals surface area contributed by atoms with Crippen molar-refractivity contribution in [3.8, 4) is 0 Å². The fraction of sp³-hybridized carbons (Fsp3) is 1.00. The molecule has 0 aromatic heterocycles. The van der Waals surface area contributed by atoms with Crippen molar-refractivity contribution in [2.75, 3.05) is 40.4 Å². The Kier molecular flexibility index (Phi) is 6.22. The minimum atomic E-state index is 0.662. The van der Waals surface area contributed by atoms with Gasteiger partial charge in [0.25, 0.3) is 0 Å². The molecule has 1 unspecified atom stereocenters. The summed E-state index contributed by atoms with van der Waals surface area (Å²) in [7, 11) is 4.14. The third-order valence-corrected chi connectivity index (χ3v) is 2.81. The first-order valence-corrected chi connectivity index (χ1v) is 6.14.